The number of ether oxygens (including phenoxy) is 1. The highest BCUT2D eigenvalue weighted by molar-refractivity contribution is 4.99. The number of hydrogen-bond donors (Lipinski definition) is 0. The van der Waals surface area contributed by atoms with Gasteiger partial charge in [0.1, 0.15) is 0 Å². The molecule has 0 aromatic carbocycles. The second-order valence-corrected chi connectivity index (χ2v) is 2.92. The van der Waals surface area contributed by atoms with Crippen molar-refractivity contribution in [3.63, 3.8) is 0 Å². The third-order valence-corrected chi connectivity index (χ3v) is 2.22. The number of rotatable bonds is 1. The first-order chi connectivity index (χ1) is 4.97. The van der Waals surface area contributed by atoms with Crippen LogP contribution in [0.25, 0.3) is 0 Å². The Kier molecular flexibility index (Phi) is 1.74. The molecule has 2 aliphatic heterocycles. The van der Waals surface area contributed by atoms with Crippen LogP contribution in [0.2, 0.25) is 0 Å². The zero-order valence-electron chi connectivity index (χ0n) is 6.12. The van der Waals surface area contributed by atoms with Crippen LogP contribution in [0.5, 0.6) is 0 Å². The Morgan fingerprint density at radius 2 is 2.30 bits per heavy atom. The van der Waals surface area contributed by atoms with Crippen LogP contribution < -0.4 is 0 Å². The van der Waals surface area contributed by atoms with Crippen LogP contribution in [-0.4, -0.2) is 37.2 Å². The van der Waals surface area contributed by atoms with E-state index in [9.17, 15) is 0 Å². The van der Waals surface area contributed by atoms with Crippen molar-refractivity contribution < 1.29 is 4.74 Å². The molecule has 1 unspecified atom stereocenters. The van der Waals surface area contributed by atoms with Crippen LogP contribution in [0, 0.1) is 0 Å². The summed E-state index contributed by atoms with van der Waals surface area (Å²) in [6, 6.07) is 0.586. The highest BCUT2D eigenvalue weighted by Crippen LogP contribution is 2.14. The van der Waals surface area contributed by atoms with Crippen molar-refractivity contribution in [1.29, 1.82) is 0 Å². The van der Waals surface area contributed by atoms with E-state index >= 15 is 0 Å². The maximum absolute atomic E-state index is 5.31. The van der Waals surface area contributed by atoms with Crippen LogP contribution in [-0.2, 0) is 4.74 Å². The second kappa shape index (κ2) is 2.72. The summed E-state index contributed by atoms with van der Waals surface area (Å²) in [4.78, 5) is 2.45. The fourth-order valence-corrected chi connectivity index (χ4v) is 1.42. The predicted octanol–water partition coefficient (Wildman–Crippen LogP) is 0.647. The summed E-state index contributed by atoms with van der Waals surface area (Å²) >= 11 is 0. The predicted molar refractivity (Wildman–Crippen MR) is 39.9 cm³/mol. The van der Waals surface area contributed by atoms with Gasteiger partial charge in [-0.25, -0.2) is 0 Å². The molecule has 2 heterocycles. The molecule has 2 aliphatic rings. The average Bonchev–Trinajstić information content (AvgIpc) is 1.86. The first-order valence-corrected chi connectivity index (χ1v) is 3.95. The van der Waals surface area contributed by atoms with Gasteiger partial charge in [-0.05, 0) is 6.42 Å². The van der Waals surface area contributed by atoms with E-state index in [4.69, 9.17) is 4.74 Å². The van der Waals surface area contributed by atoms with Gasteiger partial charge in [0.15, 0.2) is 0 Å². The summed E-state index contributed by atoms with van der Waals surface area (Å²) in [7, 11) is 0. The number of nitrogens with zero attached hydrogens (tertiary/aromatic N) is 1. The quantitative estimate of drug-likeness (QED) is 0.494. The van der Waals surface area contributed by atoms with Gasteiger partial charge in [-0.3, -0.25) is 4.90 Å². The Morgan fingerprint density at radius 3 is 2.80 bits per heavy atom. The average molecular weight is 139 g/mol. The van der Waals surface area contributed by atoms with E-state index in [0.717, 1.165) is 13.2 Å². The lowest BCUT2D eigenvalue weighted by Crippen LogP contribution is -2.47. The highest BCUT2D eigenvalue weighted by Gasteiger charge is 2.22. The maximum Gasteiger partial charge on any atom is 0.0661 e. The topological polar surface area (TPSA) is 12.5 Å². The first-order valence-electron chi connectivity index (χ1n) is 3.95. The summed E-state index contributed by atoms with van der Waals surface area (Å²) in [5.74, 6) is 0. The molecule has 2 heteroatoms. The molecular weight excluding hydrogens is 126 g/mol. The van der Waals surface area contributed by atoms with Crippen molar-refractivity contribution in [2.75, 3.05) is 26.3 Å². The van der Waals surface area contributed by atoms with E-state index < -0.39 is 0 Å². The Hall–Kier alpha value is -0.340. The van der Waals surface area contributed by atoms with E-state index in [0.29, 0.717) is 6.04 Å². The molecule has 2 nitrogen and oxygen atoms in total. The molecule has 56 valence electrons. The molecule has 0 bridgehead atoms. The van der Waals surface area contributed by atoms with Gasteiger partial charge in [-0.15, -0.1) is 0 Å². The van der Waals surface area contributed by atoms with Crippen LogP contribution in [0.1, 0.15) is 6.42 Å². The number of hydrogen-bond acceptors (Lipinski definition) is 2. The zero-order chi connectivity index (χ0) is 6.81. The molecule has 0 amide bonds. The molecule has 0 N–H and O–H groups in total. The van der Waals surface area contributed by atoms with E-state index in [-0.39, 0.29) is 0 Å². The van der Waals surface area contributed by atoms with Gasteiger partial charge in [-0.2, -0.15) is 0 Å². The summed E-state index contributed by atoms with van der Waals surface area (Å²) in [6.07, 6.45) is 5.75. The van der Waals surface area contributed by atoms with Gasteiger partial charge in [0.25, 0.3) is 0 Å². The maximum atomic E-state index is 5.31. The van der Waals surface area contributed by atoms with Gasteiger partial charge >= 0.3 is 0 Å². The molecule has 10 heavy (non-hydrogen) atoms. The van der Waals surface area contributed by atoms with E-state index in [1.165, 1.54) is 19.5 Å². The monoisotopic (exact) mass is 139 g/mol. The summed E-state index contributed by atoms with van der Waals surface area (Å²) in [5.41, 5.74) is 0. The fourth-order valence-electron chi connectivity index (χ4n) is 1.42. The lowest BCUT2D eigenvalue weighted by molar-refractivity contribution is 0.0520. The smallest absolute Gasteiger partial charge is 0.0661 e. The Labute approximate surface area is 61.5 Å². The molecular formula is C8H13NO. The van der Waals surface area contributed by atoms with Gasteiger partial charge in [0.05, 0.1) is 19.3 Å². The Morgan fingerprint density at radius 1 is 1.40 bits per heavy atom. The molecule has 1 saturated heterocycles. The minimum atomic E-state index is 0.586. The Balaban J connectivity index is 1.90. The molecule has 0 aromatic heterocycles. The van der Waals surface area contributed by atoms with Crippen molar-refractivity contribution >= 4 is 0 Å². The van der Waals surface area contributed by atoms with Crippen LogP contribution in [0.15, 0.2) is 12.2 Å². The summed E-state index contributed by atoms with van der Waals surface area (Å²) in [6.45, 7) is 4.23. The lowest BCUT2D eigenvalue weighted by Gasteiger charge is -2.37. The zero-order valence-corrected chi connectivity index (χ0v) is 6.12. The molecule has 0 radical (unpaired) electrons. The fraction of sp³-hybridized carbons (Fsp3) is 0.750. The molecule has 0 spiro atoms. The molecule has 0 aliphatic carbocycles. The largest absolute Gasteiger partial charge is 0.375 e. The lowest BCUT2D eigenvalue weighted by atomic mass is 10.1. The molecule has 0 saturated carbocycles. The van der Waals surface area contributed by atoms with Crippen molar-refractivity contribution in [3.05, 3.63) is 12.2 Å². The third-order valence-electron chi connectivity index (χ3n) is 2.22. The minimum Gasteiger partial charge on any atom is -0.375 e. The van der Waals surface area contributed by atoms with Gasteiger partial charge < -0.3 is 4.74 Å². The highest BCUT2D eigenvalue weighted by atomic mass is 16.5. The summed E-state index contributed by atoms with van der Waals surface area (Å²) in [5, 5.41) is 0. The standard InChI is InChI=1S/C8H13NO/c1-3-8(7-10-6-1)9-4-2-5-9/h1,3,8H,2,4-7H2. The van der Waals surface area contributed by atoms with Gasteiger partial charge in [0.2, 0.25) is 0 Å². The van der Waals surface area contributed by atoms with Crippen molar-refractivity contribution in [3.8, 4) is 0 Å². The molecule has 1 fully saturated rings. The van der Waals surface area contributed by atoms with E-state index in [1.54, 1.807) is 0 Å². The SMILES string of the molecule is C1=CC(N2CCC2)COC1. The van der Waals surface area contributed by atoms with Crippen LogP contribution in [0.4, 0.5) is 0 Å². The molecule has 1 atom stereocenters. The van der Waals surface area contributed by atoms with Crippen LogP contribution >= 0.6 is 0 Å². The second-order valence-electron chi connectivity index (χ2n) is 2.92. The van der Waals surface area contributed by atoms with Gasteiger partial charge in [0, 0.05) is 13.1 Å². The summed E-state index contributed by atoms with van der Waals surface area (Å²) < 4.78 is 5.31. The molecule has 0 aromatic rings. The van der Waals surface area contributed by atoms with Crippen molar-refractivity contribution in [2.45, 2.75) is 12.5 Å². The van der Waals surface area contributed by atoms with Crippen molar-refractivity contribution in [1.82, 2.24) is 4.90 Å². The first kappa shape index (κ1) is 6.38. The third kappa shape index (κ3) is 1.09. The Bertz CT molecular complexity index is 140. The number of likely N-dealkylation sites (tertiary alicyclic amines) is 1. The molecule has 2 rings (SSSR count). The van der Waals surface area contributed by atoms with Crippen LogP contribution in [0.3, 0.4) is 0 Å². The van der Waals surface area contributed by atoms with Crippen molar-refractivity contribution in [2.24, 2.45) is 0 Å². The normalized spacial score (nSPS) is 33.8. The van der Waals surface area contributed by atoms with Gasteiger partial charge in [-0.1, -0.05) is 12.2 Å². The van der Waals surface area contributed by atoms with E-state index in [2.05, 4.69) is 17.1 Å². The van der Waals surface area contributed by atoms with E-state index in [1.807, 2.05) is 0 Å². The minimum absolute atomic E-state index is 0.586.